The normalized spacial score (nSPS) is 28.7. The summed E-state index contributed by atoms with van der Waals surface area (Å²) in [4.78, 5) is 51.6. The molecule has 1 saturated heterocycles. The number of halogens is 8. The second kappa shape index (κ2) is 10.3. The van der Waals surface area contributed by atoms with Gasteiger partial charge in [0.1, 0.15) is 21.5 Å². The Morgan fingerprint density at radius 1 is 0.829 bits per heavy atom. The van der Waals surface area contributed by atoms with Crippen molar-refractivity contribution in [2.45, 2.75) is 27.0 Å². The quantitative estimate of drug-likeness (QED) is 0.181. The summed E-state index contributed by atoms with van der Waals surface area (Å²) in [7, 11) is 1.46. The van der Waals surface area contributed by atoms with E-state index >= 15 is 0 Å². The van der Waals surface area contributed by atoms with Gasteiger partial charge in [0.25, 0.3) is 17.7 Å². The lowest BCUT2D eigenvalue weighted by Gasteiger charge is -2.38. The lowest BCUT2D eigenvalue weighted by molar-refractivity contribution is -0.157. The highest BCUT2D eigenvalue weighted by atomic mass is 35.5. The van der Waals surface area contributed by atoms with Crippen LogP contribution in [0.4, 0.5) is 0 Å². The zero-order chi connectivity index (χ0) is 30.4. The van der Waals surface area contributed by atoms with Gasteiger partial charge in [-0.25, -0.2) is 5.01 Å². The molecule has 1 heterocycles. The SMILES string of the molecule is COc1ccc(C(=O)[C@H](C)N(C(=O)c2ccc(Cl)c(Cl)c2)N2C(=O)[C@@H]3[C@H](C2=O)[C@@]2(Cl)C(Cl)=C(Cl)[C@@]3(Cl)C2(Cl)Cl)cc1. The van der Waals surface area contributed by atoms with E-state index in [2.05, 4.69) is 0 Å². The fraction of sp³-hybridized carbons (Fsp3) is 0.308. The molecule has 1 aliphatic heterocycles. The molecule has 5 rings (SSSR count). The number of carbonyl (C=O) groups excluding carboxylic acids is 4. The molecule has 0 aromatic heterocycles. The van der Waals surface area contributed by atoms with E-state index in [1.807, 2.05) is 0 Å². The lowest BCUT2D eigenvalue weighted by Crippen LogP contribution is -2.59. The molecule has 0 unspecified atom stereocenters. The molecule has 2 bridgehead atoms. The standard InChI is InChI=1S/C26H16Cl8N2O5/c1-10(18(37)11-3-6-13(41-2)7-4-11)35(21(38)12-5-8-14(27)15(28)9-12)36-22(39)16-17(23(36)40)25(32)20(30)19(29)24(16,31)26(25,33)34/h3-10,16-17H,1-2H3/t10-,16-,17+,24+,25+/m0/s1. The van der Waals surface area contributed by atoms with Gasteiger partial charge in [-0.1, -0.05) is 69.6 Å². The van der Waals surface area contributed by atoms with Gasteiger partial charge < -0.3 is 4.74 Å². The van der Waals surface area contributed by atoms with Crippen molar-refractivity contribution in [2.75, 3.05) is 7.11 Å². The molecule has 7 nitrogen and oxygen atoms in total. The van der Waals surface area contributed by atoms with Crippen LogP contribution in [0.25, 0.3) is 0 Å². The van der Waals surface area contributed by atoms with Gasteiger partial charge in [0.05, 0.1) is 39.1 Å². The number of hydrogen-bond acceptors (Lipinski definition) is 5. The maximum Gasteiger partial charge on any atom is 0.273 e. The van der Waals surface area contributed by atoms with Gasteiger partial charge in [0.15, 0.2) is 10.1 Å². The molecule has 2 aromatic rings. The second-order valence-electron chi connectivity index (χ2n) is 9.62. The number of amides is 3. The molecule has 5 atom stereocenters. The van der Waals surface area contributed by atoms with Crippen LogP contribution in [0, 0.1) is 11.8 Å². The number of hydrazine groups is 1. The average molecular weight is 720 g/mol. The van der Waals surface area contributed by atoms with E-state index < -0.39 is 55.5 Å². The Balaban J connectivity index is 1.63. The van der Waals surface area contributed by atoms with Crippen molar-refractivity contribution in [3.63, 3.8) is 0 Å². The number of methoxy groups -OCH3 is 1. The predicted molar refractivity (Wildman–Crippen MR) is 159 cm³/mol. The fourth-order valence-electron chi connectivity index (χ4n) is 5.50. The summed E-state index contributed by atoms with van der Waals surface area (Å²) in [5.74, 6) is -6.11. The maximum atomic E-state index is 14.1. The maximum absolute atomic E-state index is 14.1. The summed E-state index contributed by atoms with van der Waals surface area (Å²) in [6.45, 7) is 1.35. The van der Waals surface area contributed by atoms with Crippen LogP contribution in [-0.4, -0.2) is 60.8 Å². The molecule has 216 valence electrons. The van der Waals surface area contributed by atoms with Crippen molar-refractivity contribution in [3.05, 3.63) is 73.7 Å². The number of allylic oxidation sites excluding steroid dienone is 2. The van der Waals surface area contributed by atoms with Gasteiger partial charge >= 0.3 is 0 Å². The topological polar surface area (TPSA) is 84.0 Å². The van der Waals surface area contributed by atoms with Crippen LogP contribution in [0.1, 0.15) is 27.6 Å². The number of nitrogens with zero attached hydrogens (tertiary/aromatic N) is 2. The first-order valence-electron chi connectivity index (χ1n) is 11.7. The minimum Gasteiger partial charge on any atom is -0.497 e. The zero-order valence-electron chi connectivity index (χ0n) is 20.7. The van der Waals surface area contributed by atoms with Crippen molar-refractivity contribution >= 4 is 116 Å². The van der Waals surface area contributed by atoms with E-state index in [0.717, 1.165) is 5.01 Å². The number of carbonyl (C=O) groups is 4. The average Bonchev–Trinajstić information content (AvgIpc) is 3.33. The number of ether oxygens (including phenoxy) is 1. The molecule has 2 aromatic carbocycles. The Labute approximate surface area is 274 Å². The van der Waals surface area contributed by atoms with Gasteiger partial charge in [-0.2, -0.15) is 5.01 Å². The third-order valence-corrected chi connectivity index (χ3v) is 12.6. The Hall–Kier alpha value is -1.42. The molecule has 3 aliphatic rings. The number of alkyl halides is 4. The summed E-state index contributed by atoms with van der Waals surface area (Å²) in [5, 5.41) is 0.839. The van der Waals surface area contributed by atoms with Crippen molar-refractivity contribution < 1.29 is 23.9 Å². The molecular formula is C26H16Cl8N2O5. The Morgan fingerprint density at radius 3 is 1.78 bits per heavy atom. The molecule has 2 aliphatic carbocycles. The van der Waals surface area contributed by atoms with E-state index in [-0.39, 0.29) is 31.2 Å². The van der Waals surface area contributed by atoms with Gasteiger partial charge in [-0.15, -0.1) is 23.2 Å². The number of benzene rings is 2. The molecule has 0 N–H and O–H groups in total. The van der Waals surface area contributed by atoms with E-state index in [1.165, 1.54) is 44.4 Å². The number of ketones is 1. The first kappa shape index (κ1) is 31.0. The van der Waals surface area contributed by atoms with Crippen LogP contribution >= 0.6 is 92.8 Å². The summed E-state index contributed by atoms with van der Waals surface area (Å²) < 4.78 is 2.96. The molecule has 15 heteroatoms. The predicted octanol–water partition coefficient (Wildman–Crippen LogP) is 7.08. The lowest BCUT2D eigenvalue weighted by atomic mass is 9.84. The molecule has 0 spiro atoms. The van der Waals surface area contributed by atoms with E-state index in [0.29, 0.717) is 10.8 Å². The van der Waals surface area contributed by atoms with Crippen LogP contribution in [0.5, 0.6) is 5.75 Å². The zero-order valence-corrected chi connectivity index (χ0v) is 26.8. The van der Waals surface area contributed by atoms with Crippen molar-refractivity contribution in [2.24, 2.45) is 11.8 Å². The van der Waals surface area contributed by atoms with Crippen molar-refractivity contribution in [3.8, 4) is 5.75 Å². The molecule has 2 fully saturated rings. The first-order valence-corrected chi connectivity index (χ1v) is 14.8. The summed E-state index contributed by atoms with van der Waals surface area (Å²) in [6.07, 6.45) is 0. The Bertz CT molecular complexity index is 1520. The number of fused-ring (bicyclic) bond motifs is 5. The van der Waals surface area contributed by atoms with Gasteiger partial charge in [0.2, 0.25) is 0 Å². The smallest absolute Gasteiger partial charge is 0.273 e. The van der Waals surface area contributed by atoms with Crippen LogP contribution in [-0.2, 0) is 9.59 Å². The number of hydrogen-bond donors (Lipinski definition) is 0. The largest absolute Gasteiger partial charge is 0.497 e. The highest BCUT2D eigenvalue weighted by Gasteiger charge is 2.88. The molecule has 3 amide bonds. The van der Waals surface area contributed by atoms with Crippen LogP contribution in [0.2, 0.25) is 10.0 Å². The minimum absolute atomic E-state index is 0.0249. The van der Waals surface area contributed by atoms with Gasteiger partial charge in [-0.05, 0) is 49.4 Å². The van der Waals surface area contributed by atoms with Gasteiger partial charge in [-0.3, -0.25) is 19.2 Å². The Kier molecular flexibility index (Phi) is 7.82. The first-order chi connectivity index (χ1) is 19.1. The highest BCUT2D eigenvalue weighted by Crippen LogP contribution is 2.77. The summed E-state index contributed by atoms with van der Waals surface area (Å²) >= 11 is 51.7. The van der Waals surface area contributed by atoms with Crippen molar-refractivity contribution in [1.29, 1.82) is 0 Å². The number of imide groups is 1. The molecule has 41 heavy (non-hydrogen) atoms. The second-order valence-corrected chi connectivity index (χ2v) is 13.7. The monoisotopic (exact) mass is 716 g/mol. The highest BCUT2D eigenvalue weighted by molar-refractivity contribution is 6.66. The van der Waals surface area contributed by atoms with Crippen LogP contribution in [0.15, 0.2) is 52.5 Å². The van der Waals surface area contributed by atoms with Crippen LogP contribution < -0.4 is 4.74 Å². The molecule has 0 radical (unpaired) electrons. The molecular weight excluding hydrogens is 704 g/mol. The Morgan fingerprint density at radius 2 is 1.32 bits per heavy atom. The van der Waals surface area contributed by atoms with Crippen LogP contribution in [0.3, 0.4) is 0 Å². The number of Topliss-reactive ketones (excluding diaryl/α,β-unsaturated/α-hetero) is 1. The number of rotatable bonds is 6. The van der Waals surface area contributed by atoms with E-state index in [1.54, 1.807) is 12.1 Å². The molecule has 1 saturated carbocycles. The summed E-state index contributed by atoms with van der Waals surface area (Å²) in [6, 6.07) is 8.55. The fourth-order valence-corrected chi connectivity index (χ4v) is 8.73. The third-order valence-electron chi connectivity index (χ3n) is 7.60. The van der Waals surface area contributed by atoms with E-state index in [9.17, 15) is 19.2 Å². The van der Waals surface area contributed by atoms with E-state index in [4.69, 9.17) is 97.5 Å². The third kappa shape index (κ3) is 4.00. The van der Waals surface area contributed by atoms with Crippen molar-refractivity contribution in [1.82, 2.24) is 10.0 Å². The van der Waals surface area contributed by atoms with Gasteiger partial charge in [0, 0.05) is 11.1 Å². The summed E-state index contributed by atoms with van der Waals surface area (Å²) in [5.41, 5.74) is 0.0920. The minimum atomic E-state index is -2.17.